The van der Waals surface area contributed by atoms with E-state index in [1.54, 1.807) is 11.8 Å². The van der Waals surface area contributed by atoms with Crippen LogP contribution in [0.25, 0.3) is 11.3 Å². The molecule has 4 rings (SSSR count). The topological polar surface area (TPSA) is 15.3 Å². The van der Waals surface area contributed by atoms with Gasteiger partial charge in [-0.2, -0.15) is 0 Å². The third-order valence-corrected chi connectivity index (χ3v) is 6.18. The van der Waals surface area contributed by atoms with Crippen molar-refractivity contribution in [1.29, 1.82) is 0 Å². The summed E-state index contributed by atoms with van der Waals surface area (Å²) in [5.41, 5.74) is 9.63. The number of hydrogen-bond donors (Lipinski definition) is 1. The van der Waals surface area contributed by atoms with Crippen LogP contribution < -0.4 is 5.43 Å². The van der Waals surface area contributed by atoms with Gasteiger partial charge in [-0.3, -0.25) is 10.4 Å². The fraction of sp³-hybridized carbons (Fsp3) is 0.154. The van der Waals surface area contributed by atoms with Crippen LogP contribution in [0.2, 0.25) is 5.02 Å². The van der Waals surface area contributed by atoms with Crippen LogP contribution in [0, 0.1) is 0 Å². The van der Waals surface area contributed by atoms with Gasteiger partial charge in [-0.05, 0) is 60.6 Å². The maximum Gasteiger partial charge on any atom is 0.0693 e. The second kappa shape index (κ2) is 9.92. The monoisotopic (exact) mass is 432 g/mol. The summed E-state index contributed by atoms with van der Waals surface area (Å²) in [5, 5.41) is 2.93. The molecular weight excluding hydrogens is 408 g/mol. The summed E-state index contributed by atoms with van der Waals surface area (Å²) in [6, 6.07) is 27.4. The molecule has 0 radical (unpaired) electrons. The number of allylic oxidation sites excluding steroid dienone is 2. The highest BCUT2D eigenvalue weighted by molar-refractivity contribution is 7.98. The molecule has 1 N–H and O–H groups in total. The van der Waals surface area contributed by atoms with Crippen LogP contribution in [0.3, 0.4) is 0 Å². The number of hydrazine groups is 1. The normalized spacial score (nSPS) is 13.5. The summed E-state index contributed by atoms with van der Waals surface area (Å²) >= 11 is 7.86. The van der Waals surface area contributed by atoms with E-state index in [0.717, 1.165) is 35.7 Å². The van der Waals surface area contributed by atoms with Crippen LogP contribution in [-0.2, 0) is 6.42 Å². The molecule has 0 atom stereocenters. The Balaban J connectivity index is 1.55. The van der Waals surface area contributed by atoms with E-state index in [4.69, 9.17) is 11.6 Å². The lowest BCUT2D eigenvalue weighted by Gasteiger charge is -2.30. The first-order valence-corrected chi connectivity index (χ1v) is 11.7. The molecule has 3 aromatic carbocycles. The van der Waals surface area contributed by atoms with E-state index in [1.165, 1.54) is 21.6 Å². The summed E-state index contributed by atoms with van der Waals surface area (Å²) in [7, 11) is 0. The van der Waals surface area contributed by atoms with E-state index in [2.05, 4.69) is 95.7 Å². The van der Waals surface area contributed by atoms with E-state index in [0.29, 0.717) is 0 Å². The molecule has 0 aromatic heterocycles. The fourth-order valence-corrected chi connectivity index (χ4v) is 4.10. The van der Waals surface area contributed by atoms with Gasteiger partial charge in [-0.15, -0.1) is 11.8 Å². The van der Waals surface area contributed by atoms with E-state index in [-0.39, 0.29) is 0 Å². The van der Waals surface area contributed by atoms with Gasteiger partial charge in [0.1, 0.15) is 0 Å². The maximum atomic E-state index is 6.11. The van der Waals surface area contributed by atoms with Crippen molar-refractivity contribution < 1.29 is 0 Å². The van der Waals surface area contributed by atoms with E-state index in [9.17, 15) is 0 Å². The van der Waals surface area contributed by atoms with Gasteiger partial charge in [-0.1, -0.05) is 66.2 Å². The molecule has 1 aliphatic rings. The molecular formula is C26H25ClN2S. The fourth-order valence-electron chi connectivity index (χ4n) is 3.57. The van der Waals surface area contributed by atoms with Crippen molar-refractivity contribution in [2.24, 2.45) is 0 Å². The Morgan fingerprint density at radius 2 is 1.57 bits per heavy atom. The van der Waals surface area contributed by atoms with Crippen LogP contribution in [0.1, 0.15) is 23.1 Å². The minimum Gasteiger partial charge on any atom is -0.298 e. The molecule has 1 heterocycles. The molecule has 3 aromatic rings. The molecule has 30 heavy (non-hydrogen) atoms. The highest BCUT2D eigenvalue weighted by Crippen LogP contribution is 2.30. The van der Waals surface area contributed by atoms with E-state index in [1.807, 2.05) is 12.1 Å². The van der Waals surface area contributed by atoms with E-state index >= 15 is 0 Å². The van der Waals surface area contributed by atoms with Gasteiger partial charge < -0.3 is 0 Å². The van der Waals surface area contributed by atoms with Crippen molar-refractivity contribution in [2.45, 2.75) is 17.7 Å². The lowest BCUT2D eigenvalue weighted by molar-refractivity contribution is 0.317. The number of benzene rings is 3. The first-order chi connectivity index (χ1) is 14.7. The van der Waals surface area contributed by atoms with Crippen molar-refractivity contribution in [3.8, 4) is 0 Å². The zero-order valence-corrected chi connectivity index (χ0v) is 18.6. The van der Waals surface area contributed by atoms with Gasteiger partial charge >= 0.3 is 0 Å². The third kappa shape index (κ3) is 5.10. The minimum atomic E-state index is 0.750. The quantitative estimate of drug-likeness (QED) is 0.409. The molecule has 0 unspecified atom stereocenters. The molecule has 0 bridgehead atoms. The number of halogens is 1. The summed E-state index contributed by atoms with van der Waals surface area (Å²) in [5.74, 6) is 0. The highest BCUT2D eigenvalue weighted by Gasteiger charge is 2.16. The van der Waals surface area contributed by atoms with Gasteiger partial charge in [0.2, 0.25) is 0 Å². The van der Waals surface area contributed by atoms with E-state index < -0.39 is 0 Å². The second-order valence-electron chi connectivity index (χ2n) is 7.23. The first kappa shape index (κ1) is 20.6. The lowest BCUT2D eigenvalue weighted by atomic mass is 9.98. The molecule has 0 amide bonds. The van der Waals surface area contributed by atoms with Gasteiger partial charge in [-0.25, -0.2) is 0 Å². The average Bonchev–Trinajstić information content (AvgIpc) is 2.80. The Hall–Kier alpha value is -2.62. The molecule has 0 fully saturated rings. The average molecular weight is 433 g/mol. The molecule has 0 aliphatic carbocycles. The zero-order valence-electron chi connectivity index (χ0n) is 17.0. The molecule has 2 nitrogen and oxygen atoms in total. The van der Waals surface area contributed by atoms with Crippen molar-refractivity contribution >= 4 is 34.6 Å². The van der Waals surface area contributed by atoms with Crippen LogP contribution in [-0.4, -0.2) is 17.8 Å². The summed E-state index contributed by atoms with van der Waals surface area (Å²) in [6.45, 7) is 0.936. The van der Waals surface area contributed by atoms with Crippen LogP contribution in [0.15, 0.2) is 96.0 Å². The van der Waals surface area contributed by atoms with Crippen LogP contribution in [0.4, 0.5) is 0 Å². The number of rotatable bonds is 7. The third-order valence-electron chi connectivity index (χ3n) is 5.19. The molecule has 1 aliphatic heterocycles. The summed E-state index contributed by atoms with van der Waals surface area (Å²) in [6.07, 6.45) is 8.58. The van der Waals surface area contributed by atoms with Gasteiger partial charge in [0, 0.05) is 33.8 Å². The minimum absolute atomic E-state index is 0.750. The second-order valence-corrected chi connectivity index (χ2v) is 8.55. The SMILES string of the molecule is CSc1ccc(C2=C(c3ccc(Cl)cc3)C=CN(CCCc3ccccc3)N2)cc1. The number of nitrogens with one attached hydrogen (secondary N) is 1. The Kier molecular flexibility index (Phi) is 6.83. The number of thioether (sulfide) groups is 1. The standard InChI is InChI=1S/C26H25ClN2S/c1-30-24-15-11-22(12-16-24)26-25(21-9-13-23(27)14-10-21)17-19-29(28-26)18-5-8-20-6-3-2-4-7-20/h2-4,6-7,9-17,19,28H,5,8,18H2,1H3. The van der Waals surface area contributed by atoms with Gasteiger partial charge in [0.05, 0.1) is 5.70 Å². The van der Waals surface area contributed by atoms with Crippen LogP contribution >= 0.6 is 23.4 Å². The zero-order chi connectivity index (χ0) is 20.8. The molecule has 0 spiro atoms. The van der Waals surface area contributed by atoms with Crippen molar-refractivity contribution in [3.63, 3.8) is 0 Å². The maximum absolute atomic E-state index is 6.11. The molecule has 0 saturated heterocycles. The summed E-state index contributed by atoms with van der Waals surface area (Å²) in [4.78, 5) is 1.26. The number of hydrogen-bond acceptors (Lipinski definition) is 3. The first-order valence-electron chi connectivity index (χ1n) is 10.1. The Morgan fingerprint density at radius 1 is 0.867 bits per heavy atom. The lowest BCUT2D eigenvalue weighted by Crippen LogP contribution is -2.35. The van der Waals surface area contributed by atoms with Gasteiger partial charge in [0.25, 0.3) is 0 Å². The van der Waals surface area contributed by atoms with Crippen molar-refractivity contribution in [3.05, 3.63) is 113 Å². The largest absolute Gasteiger partial charge is 0.298 e. The Bertz CT molecular complexity index is 1020. The highest BCUT2D eigenvalue weighted by atomic mass is 35.5. The molecule has 152 valence electrons. The number of aryl methyl sites for hydroxylation is 1. The summed E-state index contributed by atoms with van der Waals surface area (Å²) < 4.78 is 0. The smallest absolute Gasteiger partial charge is 0.0693 e. The van der Waals surface area contributed by atoms with Crippen LogP contribution in [0.5, 0.6) is 0 Å². The molecule has 4 heteroatoms. The predicted octanol–water partition coefficient (Wildman–Crippen LogP) is 6.90. The van der Waals surface area contributed by atoms with Crippen molar-refractivity contribution in [2.75, 3.05) is 12.8 Å². The van der Waals surface area contributed by atoms with Gasteiger partial charge in [0.15, 0.2) is 0 Å². The molecule has 0 saturated carbocycles. The van der Waals surface area contributed by atoms with Crippen molar-refractivity contribution in [1.82, 2.24) is 10.4 Å². The Morgan fingerprint density at radius 3 is 2.27 bits per heavy atom. The Labute approximate surface area is 188 Å². The number of nitrogens with zero attached hydrogens (tertiary/aromatic N) is 1. The predicted molar refractivity (Wildman–Crippen MR) is 130 cm³/mol.